The first-order valence-corrected chi connectivity index (χ1v) is 20.1. The summed E-state index contributed by atoms with van der Waals surface area (Å²) in [5, 5.41) is 15.6. The average Bonchev–Trinajstić information content (AvgIpc) is 3.72. The molecule has 0 saturated carbocycles. The van der Waals surface area contributed by atoms with E-state index < -0.39 is 0 Å². The maximum atomic E-state index is 6.88. The maximum absolute atomic E-state index is 6.88. The normalized spacial score (nSPS) is 17.8. The zero-order valence-corrected chi connectivity index (χ0v) is 32.1. The number of benzene rings is 8. The Labute approximate surface area is 342 Å². The molecular weight excluding hydrogens is 723 g/mol. The van der Waals surface area contributed by atoms with Gasteiger partial charge in [-0.25, -0.2) is 4.99 Å². The van der Waals surface area contributed by atoms with Gasteiger partial charge in [-0.2, -0.15) is 0 Å². The van der Waals surface area contributed by atoms with E-state index in [-0.39, 0.29) is 18.5 Å². The van der Waals surface area contributed by atoms with Crippen molar-refractivity contribution >= 4 is 50.0 Å². The molecule has 3 atom stereocenters. The Morgan fingerprint density at radius 3 is 1.68 bits per heavy atom. The number of amidine groups is 1. The summed E-state index contributed by atoms with van der Waals surface area (Å²) in [4.78, 5) is 10.5. The lowest BCUT2D eigenvalue weighted by molar-refractivity contribution is 0.409. The van der Waals surface area contributed by atoms with Gasteiger partial charge in [0.2, 0.25) is 0 Å². The fraction of sp³-hybridized carbons (Fsp3) is 0.0566. The topological polar surface area (TPSA) is 74.0 Å². The van der Waals surface area contributed by atoms with Crippen LogP contribution in [0.15, 0.2) is 215 Å². The summed E-state index contributed by atoms with van der Waals surface area (Å²) in [6.07, 6.45) is 1.54. The van der Waals surface area contributed by atoms with Crippen LogP contribution >= 0.6 is 0 Å². The number of allylic oxidation sites excluding steroid dienone is 1. The van der Waals surface area contributed by atoms with E-state index in [1.807, 2.05) is 30.3 Å². The van der Waals surface area contributed by atoms with Gasteiger partial charge >= 0.3 is 0 Å². The van der Waals surface area contributed by atoms with E-state index in [1.54, 1.807) is 0 Å². The van der Waals surface area contributed by atoms with Crippen molar-refractivity contribution in [1.82, 2.24) is 16.0 Å². The molecule has 6 heteroatoms. The Kier molecular flexibility index (Phi) is 8.68. The molecule has 0 amide bonds. The number of fused-ring (bicyclic) bond motifs is 4. The zero-order valence-electron chi connectivity index (χ0n) is 32.1. The highest BCUT2D eigenvalue weighted by molar-refractivity contribution is 6.22. The minimum atomic E-state index is -0.251. The monoisotopic (exact) mass is 761 g/mol. The molecule has 0 radical (unpaired) electrons. The van der Waals surface area contributed by atoms with Gasteiger partial charge in [0.25, 0.3) is 0 Å². The summed E-state index contributed by atoms with van der Waals surface area (Å²) in [6.45, 7) is 0. The van der Waals surface area contributed by atoms with Crippen LogP contribution in [0.2, 0.25) is 0 Å². The third-order valence-electron chi connectivity index (χ3n) is 11.4. The van der Waals surface area contributed by atoms with Gasteiger partial charge in [0.05, 0.1) is 5.71 Å². The summed E-state index contributed by atoms with van der Waals surface area (Å²) in [5.74, 6) is 0.814. The Morgan fingerprint density at radius 1 is 0.424 bits per heavy atom. The van der Waals surface area contributed by atoms with E-state index in [2.05, 4.69) is 186 Å². The number of rotatable bonds is 7. The van der Waals surface area contributed by atoms with Crippen LogP contribution < -0.4 is 16.0 Å². The van der Waals surface area contributed by atoms with Crippen molar-refractivity contribution in [2.24, 2.45) is 9.98 Å². The number of furan rings is 1. The van der Waals surface area contributed by atoms with Crippen LogP contribution in [0, 0.1) is 0 Å². The van der Waals surface area contributed by atoms with Crippen molar-refractivity contribution in [2.45, 2.75) is 18.5 Å². The van der Waals surface area contributed by atoms with Crippen LogP contribution in [0.25, 0.3) is 49.5 Å². The molecule has 3 heterocycles. The Balaban J connectivity index is 1.06. The Bertz CT molecular complexity index is 3080. The molecule has 2 aliphatic rings. The highest BCUT2D eigenvalue weighted by atomic mass is 16.3. The molecule has 0 fully saturated rings. The number of nitrogens with zero attached hydrogens (tertiary/aromatic N) is 2. The Morgan fingerprint density at radius 2 is 0.966 bits per heavy atom. The van der Waals surface area contributed by atoms with Gasteiger partial charge in [0.15, 0.2) is 0 Å². The second-order valence-corrected chi connectivity index (χ2v) is 15.0. The number of hydrogen-bond donors (Lipinski definition) is 3. The largest absolute Gasteiger partial charge is 0.455 e. The highest BCUT2D eigenvalue weighted by Crippen LogP contribution is 2.42. The van der Waals surface area contributed by atoms with Gasteiger partial charge in [-0.05, 0) is 62.9 Å². The molecule has 8 aromatic carbocycles. The van der Waals surface area contributed by atoms with Crippen molar-refractivity contribution in [3.63, 3.8) is 0 Å². The van der Waals surface area contributed by atoms with Crippen LogP contribution in [-0.4, -0.2) is 11.5 Å². The van der Waals surface area contributed by atoms with E-state index in [1.165, 1.54) is 0 Å². The smallest absolute Gasteiger partial charge is 0.145 e. The number of aliphatic imine (C=N–C) groups is 2. The first-order chi connectivity index (χ1) is 29.2. The standard InChI is InChI=1S/C53H39N5O/c1-5-17-34(18-6-1)45-33-46(55-50(54-45)35-19-7-2-8-20-35)41-30-29-40(38-25-13-14-26-39(38)41)42-31-32-44(48-43-27-15-16-28-47(43)59-49(42)48)53-57-51(36-21-9-3-10-22-36)56-52(58-53)37-23-11-4-12-24-37/h1-33,50-52,55-56H,(H,57,58). The van der Waals surface area contributed by atoms with Crippen molar-refractivity contribution in [3.8, 4) is 11.1 Å². The number of nitrogens with one attached hydrogen (secondary N) is 3. The molecule has 2 aliphatic heterocycles. The lowest BCUT2D eigenvalue weighted by Gasteiger charge is -2.32. The first kappa shape index (κ1) is 34.7. The van der Waals surface area contributed by atoms with Gasteiger partial charge < -0.3 is 15.1 Å². The summed E-state index contributed by atoms with van der Waals surface area (Å²) in [7, 11) is 0. The predicted molar refractivity (Wildman–Crippen MR) is 241 cm³/mol. The fourth-order valence-corrected chi connectivity index (χ4v) is 8.57. The number of para-hydroxylation sites is 1. The molecule has 6 nitrogen and oxygen atoms in total. The van der Waals surface area contributed by atoms with Gasteiger partial charge in [0, 0.05) is 33.2 Å². The van der Waals surface area contributed by atoms with Crippen LogP contribution in [-0.2, 0) is 0 Å². The lowest BCUT2D eigenvalue weighted by Crippen LogP contribution is -2.45. The van der Waals surface area contributed by atoms with E-state index in [0.29, 0.717) is 0 Å². The van der Waals surface area contributed by atoms with Gasteiger partial charge in [-0.15, -0.1) is 0 Å². The van der Waals surface area contributed by atoms with Crippen molar-refractivity contribution in [2.75, 3.05) is 0 Å². The quantitative estimate of drug-likeness (QED) is 0.151. The molecule has 0 aliphatic carbocycles. The van der Waals surface area contributed by atoms with Gasteiger partial charge in [0.1, 0.15) is 35.5 Å². The molecule has 3 unspecified atom stereocenters. The first-order valence-electron chi connectivity index (χ1n) is 20.1. The lowest BCUT2D eigenvalue weighted by atomic mass is 9.90. The number of hydrogen-bond acceptors (Lipinski definition) is 6. The van der Waals surface area contributed by atoms with E-state index in [4.69, 9.17) is 14.4 Å². The third kappa shape index (κ3) is 6.36. The van der Waals surface area contributed by atoms with Crippen LogP contribution in [0.4, 0.5) is 0 Å². The summed E-state index contributed by atoms with van der Waals surface area (Å²) < 4.78 is 6.88. The second kappa shape index (κ2) is 14.8. The van der Waals surface area contributed by atoms with Crippen molar-refractivity contribution < 1.29 is 4.42 Å². The zero-order chi connectivity index (χ0) is 39.1. The summed E-state index contributed by atoms with van der Waals surface area (Å²) in [6, 6.07) is 67.7. The second-order valence-electron chi connectivity index (χ2n) is 15.0. The molecule has 3 N–H and O–H groups in total. The molecular formula is C53H39N5O. The highest BCUT2D eigenvalue weighted by Gasteiger charge is 2.29. The SMILES string of the molecule is C1=C(c2ccc(-c3ccc(C4=NC(c5ccccc5)NC(c5ccccc5)N4)c4c3oc3ccccc34)c3ccccc23)NC(c2ccccc2)N=C1c1ccccc1. The van der Waals surface area contributed by atoms with Gasteiger partial charge in [-0.1, -0.05) is 176 Å². The van der Waals surface area contributed by atoms with Crippen LogP contribution in [0.1, 0.15) is 51.9 Å². The molecule has 1 aromatic heterocycles. The van der Waals surface area contributed by atoms with Crippen molar-refractivity contribution in [1.29, 1.82) is 0 Å². The maximum Gasteiger partial charge on any atom is 0.145 e. The summed E-state index contributed by atoms with van der Waals surface area (Å²) in [5.41, 5.74) is 12.3. The molecule has 59 heavy (non-hydrogen) atoms. The fourth-order valence-electron chi connectivity index (χ4n) is 8.57. The molecule has 11 rings (SSSR count). The van der Waals surface area contributed by atoms with E-state index in [9.17, 15) is 0 Å². The third-order valence-corrected chi connectivity index (χ3v) is 11.4. The molecule has 0 spiro atoms. The van der Waals surface area contributed by atoms with Gasteiger partial charge in [-0.3, -0.25) is 10.3 Å². The van der Waals surface area contributed by atoms with E-state index in [0.717, 1.165) is 94.5 Å². The molecule has 0 bridgehead atoms. The van der Waals surface area contributed by atoms with E-state index >= 15 is 0 Å². The summed E-state index contributed by atoms with van der Waals surface area (Å²) >= 11 is 0. The predicted octanol–water partition coefficient (Wildman–Crippen LogP) is 11.9. The minimum Gasteiger partial charge on any atom is -0.455 e. The Hall–Kier alpha value is -7.54. The minimum absolute atomic E-state index is 0.157. The molecule has 0 saturated heterocycles. The molecule has 9 aromatic rings. The van der Waals surface area contributed by atoms with Crippen LogP contribution in [0.3, 0.4) is 0 Å². The van der Waals surface area contributed by atoms with Crippen LogP contribution in [0.5, 0.6) is 0 Å². The van der Waals surface area contributed by atoms with Crippen molar-refractivity contribution in [3.05, 3.63) is 234 Å². The average molecular weight is 762 g/mol. The molecule has 282 valence electrons.